The second kappa shape index (κ2) is 25.4. The van der Waals surface area contributed by atoms with Gasteiger partial charge in [0.05, 0.1) is 5.41 Å². The maximum atomic E-state index is 2.52. The van der Waals surface area contributed by atoms with E-state index in [-0.39, 0.29) is 0 Å². The van der Waals surface area contributed by atoms with Crippen molar-refractivity contribution in [2.45, 2.75) is 5.41 Å². The van der Waals surface area contributed by atoms with E-state index < -0.39 is 5.41 Å². The Balaban J connectivity index is 0.907. The van der Waals surface area contributed by atoms with Crippen LogP contribution in [0.5, 0.6) is 0 Å². The molecule has 97 heavy (non-hydrogen) atoms. The normalized spacial score (nSPS) is 12.0. The molecule has 0 aromatic heterocycles. The summed E-state index contributed by atoms with van der Waals surface area (Å²) in [5.41, 5.74) is 34.5. The van der Waals surface area contributed by atoms with E-state index in [9.17, 15) is 0 Å². The van der Waals surface area contributed by atoms with E-state index in [1.165, 1.54) is 100 Å². The predicted octanol–water partition coefficient (Wildman–Crippen LogP) is 26.1. The van der Waals surface area contributed by atoms with Gasteiger partial charge in [-0.3, -0.25) is 0 Å². The Morgan fingerprint density at radius 2 is 0.268 bits per heavy atom. The number of rotatable bonds is 14. The van der Waals surface area contributed by atoms with E-state index in [0.717, 1.165) is 66.8 Å². The van der Waals surface area contributed by atoms with Crippen LogP contribution in [0.25, 0.3) is 145 Å². The monoisotopic (exact) mass is 1230 g/mol. The lowest BCUT2D eigenvalue weighted by Crippen LogP contribution is -2.29. The molecule has 0 spiro atoms. The first-order valence-electron chi connectivity index (χ1n) is 33.6. The van der Waals surface area contributed by atoms with Crippen molar-refractivity contribution in [1.82, 2.24) is 0 Å². The fourth-order valence-electron chi connectivity index (χ4n) is 14.9. The van der Waals surface area contributed by atoms with E-state index in [1.807, 2.05) is 0 Å². The minimum atomic E-state index is -0.824. The van der Waals surface area contributed by atoms with Gasteiger partial charge in [-0.1, -0.05) is 315 Å². The summed E-state index contributed by atoms with van der Waals surface area (Å²) in [6.07, 6.45) is 0. The topological polar surface area (TPSA) is 0 Å². The summed E-state index contributed by atoms with van der Waals surface area (Å²) < 4.78 is 0. The Hall–Kier alpha value is -12.5. The highest BCUT2D eigenvalue weighted by Crippen LogP contribution is 2.58. The Bertz CT molecular complexity index is 4930. The lowest BCUT2D eigenvalue weighted by atomic mass is 9.66. The highest BCUT2D eigenvalue weighted by atomic mass is 14.5. The van der Waals surface area contributed by atoms with Gasteiger partial charge in [0.25, 0.3) is 0 Å². The van der Waals surface area contributed by atoms with Crippen LogP contribution in [0.3, 0.4) is 0 Å². The lowest BCUT2D eigenvalue weighted by molar-refractivity contribution is 0.770. The first kappa shape index (κ1) is 58.3. The highest BCUT2D eigenvalue weighted by molar-refractivity contribution is 5.92. The van der Waals surface area contributed by atoms with E-state index in [2.05, 4.69) is 400 Å². The molecule has 0 atom stereocenters. The maximum Gasteiger partial charge on any atom is 0.0714 e. The molecule has 0 N–H and O–H groups in total. The molecule has 0 saturated heterocycles. The van der Waals surface area contributed by atoms with Gasteiger partial charge in [0.2, 0.25) is 0 Å². The smallest absolute Gasteiger partial charge is 0.0622 e. The third-order valence-corrected chi connectivity index (χ3v) is 19.7. The zero-order chi connectivity index (χ0) is 64.5. The van der Waals surface area contributed by atoms with Crippen LogP contribution in [-0.2, 0) is 5.41 Å². The third-order valence-electron chi connectivity index (χ3n) is 19.7. The van der Waals surface area contributed by atoms with Crippen molar-refractivity contribution < 1.29 is 0 Å². The minimum absolute atomic E-state index is 0.824. The van der Waals surface area contributed by atoms with Gasteiger partial charge < -0.3 is 0 Å². The Morgan fingerprint density at radius 3 is 0.485 bits per heavy atom. The quantitative estimate of drug-likeness (QED) is 0.102. The third kappa shape index (κ3) is 11.3. The average molecular weight is 1230 g/mol. The first-order valence-corrected chi connectivity index (χ1v) is 33.6. The average Bonchev–Trinajstić information content (AvgIpc) is 1.56. The Kier molecular flexibility index (Phi) is 15.3. The molecule has 0 nitrogen and oxygen atoms in total. The van der Waals surface area contributed by atoms with Crippen LogP contribution < -0.4 is 0 Å². The van der Waals surface area contributed by atoms with E-state index in [0.29, 0.717) is 0 Å². The molecule has 16 aromatic carbocycles. The van der Waals surface area contributed by atoms with Crippen LogP contribution in [0.4, 0.5) is 0 Å². The second-order valence-corrected chi connectivity index (χ2v) is 25.5. The first-order chi connectivity index (χ1) is 48.0. The van der Waals surface area contributed by atoms with Crippen molar-refractivity contribution in [3.63, 3.8) is 0 Å². The van der Waals surface area contributed by atoms with Crippen LogP contribution in [0.2, 0.25) is 0 Å². The summed E-state index contributed by atoms with van der Waals surface area (Å²) in [4.78, 5) is 0. The largest absolute Gasteiger partial charge is 0.0714 e. The van der Waals surface area contributed by atoms with Gasteiger partial charge in [0.15, 0.2) is 0 Å². The standard InChI is InChI=1S/C97H66/c1-5-25-67(26-6-1)71-33-17-37-75(53-71)79-41-21-45-83(57-79)87-61-88(84-46-22-42-80(58-84)76-38-18-34-72(54-76)68-27-7-2-8-28-68)64-91(63-87)97(95-51-15-13-49-93(95)94-50-14-16-52-96(94)97)92-65-89(85-47-23-43-81(59-85)77-39-19-35-73(55-77)69-29-9-3-10-30-69)62-90(66-92)86-48-24-44-82(60-86)78-40-20-36-74(56-78)70-31-11-4-12-32-70/h1-66H. The molecule has 0 heterocycles. The molecule has 0 amide bonds. The Morgan fingerprint density at radius 1 is 0.113 bits per heavy atom. The van der Waals surface area contributed by atoms with E-state index in [4.69, 9.17) is 0 Å². The molecule has 454 valence electrons. The second-order valence-electron chi connectivity index (χ2n) is 25.5. The SMILES string of the molecule is c1ccc(-c2cccc(-c3cccc(-c4cc(-c5cccc(-c6cccc(-c7ccccc7)c6)c5)cc(C5(c6cc(-c7cccc(-c8cccc(-c9ccccc9)c8)c7)cc(-c7cccc(-c8cccc(-c9ccccc9)c8)c7)c6)c6ccccc6-c6ccccc65)c4)c3)c2)cc1. The van der Waals surface area contributed by atoms with Gasteiger partial charge in [0, 0.05) is 0 Å². The van der Waals surface area contributed by atoms with Gasteiger partial charge in [-0.25, -0.2) is 0 Å². The lowest BCUT2D eigenvalue weighted by Gasteiger charge is -2.35. The van der Waals surface area contributed by atoms with Crippen LogP contribution in [0.15, 0.2) is 400 Å². The predicted molar refractivity (Wildman–Crippen MR) is 409 cm³/mol. The zero-order valence-corrected chi connectivity index (χ0v) is 53.6. The molecule has 1 aliphatic rings. The molecule has 0 heteroatoms. The van der Waals surface area contributed by atoms with Gasteiger partial charge in [-0.15, -0.1) is 0 Å². The molecule has 16 aromatic rings. The van der Waals surface area contributed by atoms with Crippen molar-refractivity contribution in [3.05, 3.63) is 423 Å². The van der Waals surface area contributed by atoms with Crippen molar-refractivity contribution in [2.24, 2.45) is 0 Å². The fourth-order valence-corrected chi connectivity index (χ4v) is 14.9. The fraction of sp³-hybridized carbons (Fsp3) is 0.0103. The molecule has 1 aliphatic carbocycles. The summed E-state index contributed by atoms with van der Waals surface area (Å²) >= 11 is 0. The van der Waals surface area contributed by atoms with Gasteiger partial charge >= 0.3 is 0 Å². The summed E-state index contributed by atoms with van der Waals surface area (Å²) in [6, 6.07) is 149. The van der Waals surface area contributed by atoms with Crippen molar-refractivity contribution >= 4 is 0 Å². The van der Waals surface area contributed by atoms with Crippen LogP contribution in [0, 0.1) is 0 Å². The molecule has 0 saturated carbocycles. The van der Waals surface area contributed by atoms with Crippen LogP contribution in [0.1, 0.15) is 22.3 Å². The number of benzene rings is 16. The number of fused-ring (bicyclic) bond motifs is 3. The van der Waals surface area contributed by atoms with Crippen molar-refractivity contribution in [3.8, 4) is 145 Å². The summed E-state index contributed by atoms with van der Waals surface area (Å²) in [5, 5.41) is 0. The van der Waals surface area contributed by atoms with Crippen LogP contribution in [-0.4, -0.2) is 0 Å². The van der Waals surface area contributed by atoms with Gasteiger partial charge in [0.1, 0.15) is 0 Å². The molecule has 0 unspecified atom stereocenters. The van der Waals surface area contributed by atoms with E-state index >= 15 is 0 Å². The van der Waals surface area contributed by atoms with Gasteiger partial charge in [-0.2, -0.15) is 0 Å². The molecule has 0 bridgehead atoms. The maximum absolute atomic E-state index is 2.52. The van der Waals surface area contributed by atoms with Crippen LogP contribution >= 0.6 is 0 Å². The van der Waals surface area contributed by atoms with Crippen molar-refractivity contribution in [1.29, 1.82) is 0 Å². The Labute approximate surface area is 569 Å². The zero-order valence-electron chi connectivity index (χ0n) is 53.6. The summed E-state index contributed by atoms with van der Waals surface area (Å²) in [6.45, 7) is 0. The molecular weight excluding hydrogens is 1170 g/mol. The minimum Gasteiger partial charge on any atom is -0.0622 e. The summed E-state index contributed by atoms with van der Waals surface area (Å²) in [7, 11) is 0. The highest BCUT2D eigenvalue weighted by Gasteiger charge is 2.47. The number of hydrogen-bond donors (Lipinski definition) is 0. The van der Waals surface area contributed by atoms with E-state index in [1.54, 1.807) is 0 Å². The molecule has 0 aliphatic heterocycles. The summed E-state index contributed by atoms with van der Waals surface area (Å²) in [5.74, 6) is 0. The molecule has 17 rings (SSSR count). The molecular formula is C97H66. The van der Waals surface area contributed by atoms with Crippen molar-refractivity contribution in [2.75, 3.05) is 0 Å². The van der Waals surface area contributed by atoms with Gasteiger partial charge in [-0.05, 0) is 252 Å². The molecule has 0 radical (unpaired) electrons. The number of hydrogen-bond acceptors (Lipinski definition) is 0. The molecule has 0 fully saturated rings.